The SMILES string of the molecule is OCCCCCCCCCCCCCCCCSC1=N[C@H]2O[C@H](CO)[C@@H](O)[C@H](O)[C@H]2O1. The quantitative estimate of drug-likeness (QED) is 0.246. The van der Waals surface area contributed by atoms with Gasteiger partial charge in [0.1, 0.15) is 18.3 Å². The largest absolute Gasteiger partial charge is 0.462 e. The van der Waals surface area contributed by atoms with Gasteiger partial charge in [-0.05, 0) is 12.8 Å². The minimum Gasteiger partial charge on any atom is -0.462 e. The molecule has 0 aromatic rings. The van der Waals surface area contributed by atoms with Crippen molar-refractivity contribution in [3.05, 3.63) is 0 Å². The van der Waals surface area contributed by atoms with Crippen LogP contribution in [0.15, 0.2) is 4.99 Å². The highest BCUT2D eigenvalue weighted by Gasteiger charge is 2.49. The van der Waals surface area contributed by atoms with Crippen molar-refractivity contribution in [2.24, 2.45) is 4.99 Å². The second-order valence-corrected chi connectivity index (χ2v) is 9.77. The van der Waals surface area contributed by atoms with Crippen LogP contribution in [0.3, 0.4) is 0 Å². The van der Waals surface area contributed by atoms with Crippen LogP contribution in [0.4, 0.5) is 0 Å². The van der Waals surface area contributed by atoms with Gasteiger partial charge in [0.15, 0.2) is 12.3 Å². The average Bonchev–Trinajstić information content (AvgIpc) is 3.19. The molecule has 0 aliphatic carbocycles. The Balaban J connectivity index is 1.38. The first-order chi connectivity index (χ1) is 15.2. The molecular weight excluding hydrogens is 418 g/mol. The van der Waals surface area contributed by atoms with Gasteiger partial charge in [0.25, 0.3) is 0 Å². The summed E-state index contributed by atoms with van der Waals surface area (Å²) in [6, 6.07) is 0. The van der Waals surface area contributed by atoms with E-state index in [1.54, 1.807) is 0 Å². The number of aliphatic hydroxyl groups excluding tert-OH is 4. The summed E-state index contributed by atoms with van der Waals surface area (Å²) in [6.07, 6.45) is 13.2. The second-order valence-electron chi connectivity index (χ2n) is 8.73. The highest BCUT2D eigenvalue weighted by molar-refractivity contribution is 8.13. The van der Waals surface area contributed by atoms with Gasteiger partial charge in [0, 0.05) is 12.4 Å². The number of ether oxygens (including phenoxy) is 2. The summed E-state index contributed by atoms with van der Waals surface area (Å²) < 4.78 is 11.2. The van der Waals surface area contributed by atoms with E-state index in [4.69, 9.17) is 14.6 Å². The molecule has 0 saturated carbocycles. The summed E-state index contributed by atoms with van der Waals surface area (Å²) >= 11 is 1.53. The third-order valence-corrected chi connectivity index (χ3v) is 7.03. The topological polar surface area (TPSA) is 112 Å². The molecule has 7 nitrogen and oxygen atoms in total. The summed E-state index contributed by atoms with van der Waals surface area (Å²) in [5.41, 5.74) is 0. The zero-order valence-electron chi connectivity index (χ0n) is 18.9. The van der Waals surface area contributed by atoms with Crippen molar-refractivity contribution in [1.29, 1.82) is 0 Å². The van der Waals surface area contributed by atoms with Gasteiger partial charge in [-0.2, -0.15) is 0 Å². The van der Waals surface area contributed by atoms with Crippen LogP contribution in [-0.4, -0.2) is 75.3 Å². The zero-order chi connectivity index (χ0) is 22.3. The molecular formula is C23H43NO6S. The van der Waals surface area contributed by atoms with Crippen LogP contribution in [0, 0.1) is 0 Å². The molecule has 2 aliphatic rings. The molecule has 2 aliphatic heterocycles. The van der Waals surface area contributed by atoms with Crippen LogP contribution in [0.1, 0.15) is 89.9 Å². The monoisotopic (exact) mass is 461 g/mol. The molecule has 31 heavy (non-hydrogen) atoms. The van der Waals surface area contributed by atoms with Crippen LogP contribution in [0.5, 0.6) is 0 Å². The van der Waals surface area contributed by atoms with Crippen molar-refractivity contribution in [3.63, 3.8) is 0 Å². The summed E-state index contributed by atoms with van der Waals surface area (Å²) in [4.78, 5) is 4.34. The Morgan fingerprint density at radius 3 is 1.74 bits per heavy atom. The molecule has 0 aromatic heterocycles. The third-order valence-electron chi connectivity index (χ3n) is 6.09. The number of unbranched alkanes of at least 4 members (excludes halogenated alkanes) is 13. The van der Waals surface area contributed by atoms with E-state index in [0.717, 1.165) is 18.6 Å². The van der Waals surface area contributed by atoms with Gasteiger partial charge in [-0.25, -0.2) is 4.99 Å². The fourth-order valence-corrected chi connectivity index (χ4v) is 5.00. The lowest BCUT2D eigenvalue weighted by Gasteiger charge is -2.36. The lowest BCUT2D eigenvalue weighted by Crippen LogP contribution is -2.57. The van der Waals surface area contributed by atoms with Crippen LogP contribution >= 0.6 is 11.8 Å². The number of hydrogen-bond donors (Lipinski definition) is 4. The van der Waals surface area contributed by atoms with Crippen molar-refractivity contribution in [2.45, 2.75) is 121 Å². The fraction of sp³-hybridized carbons (Fsp3) is 0.957. The van der Waals surface area contributed by atoms with E-state index in [1.165, 1.54) is 88.8 Å². The Morgan fingerprint density at radius 1 is 0.710 bits per heavy atom. The Bertz CT molecular complexity index is 495. The number of thioether (sulfide) groups is 1. The molecule has 8 heteroatoms. The molecule has 0 amide bonds. The second kappa shape index (κ2) is 16.3. The predicted octanol–water partition coefficient (Wildman–Crippen LogP) is 3.37. The molecule has 1 saturated heterocycles. The van der Waals surface area contributed by atoms with Crippen molar-refractivity contribution in [1.82, 2.24) is 0 Å². The van der Waals surface area contributed by atoms with Crippen LogP contribution in [0.2, 0.25) is 0 Å². The molecule has 0 bridgehead atoms. The lowest BCUT2D eigenvalue weighted by molar-refractivity contribution is -0.213. The van der Waals surface area contributed by atoms with Gasteiger partial charge in [-0.15, -0.1) is 0 Å². The van der Waals surface area contributed by atoms with Crippen molar-refractivity contribution in [2.75, 3.05) is 19.0 Å². The third kappa shape index (κ3) is 9.96. The highest BCUT2D eigenvalue weighted by atomic mass is 32.2. The molecule has 0 unspecified atom stereocenters. The highest BCUT2D eigenvalue weighted by Crippen LogP contribution is 2.31. The van der Waals surface area contributed by atoms with Gasteiger partial charge in [-0.3, -0.25) is 0 Å². The number of aliphatic imine (C=N–C) groups is 1. The zero-order valence-corrected chi connectivity index (χ0v) is 19.7. The fourth-order valence-electron chi connectivity index (χ4n) is 4.12. The Kier molecular flexibility index (Phi) is 14.1. The van der Waals surface area contributed by atoms with Gasteiger partial charge in [0.05, 0.1) is 6.61 Å². The summed E-state index contributed by atoms with van der Waals surface area (Å²) in [7, 11) is 0. The molecule has 2 rings (SSSR count). The van der Waals surface area contributed by atoms with Crippen molar-refractivity contribution >= 4 is 17.0 Å². The summed E-state index contributed by atoms with van der Waals surface area (Å²) in [5.74, 6) is 0.915. The first-order valence-corrected chi connectivity index (χ1v) is 13.3. The first kappa shape index (κ1) is 26.9. The van der Waals surface area contributed by atoms with E-state index < -0.39 is 30.6 Å². The number of nitrogens with zero attached hydrogens (tertiary/aromatic N) is 1. The number of aliphatic hydroxyl groups is 4. The molecule has 4 N–H and O–H groups in total. The van der Waals surface area contributed by atoms with Gasteiger partial charge >= 0.3 is 0 Å². The number of hydrogen-bond acceptors (Lipinski definition) is 8. The molecule has 0 spiro atoms. The van der Waals surface area contributed by atoms with E-state index in [1.807, 2.05) is 0 Å². The minimum absolute atomic E-state index is 0.335. The normalized spacial score (nSPS) is 27.7. The van der Waals surface area contributed by atoms with Crippen molar-refractivity contribution < 1.29 is 29.9 Å². The van der Waals surface area contributed by atoms with Crippen LogP contribution < -0.4 is 0 Å². The van der Waals surface area contributed by atoms with Gasteiger partial charge < -0.3 is 29.9 Å². The van der Waals surface area contributed by atoms with Crippen molar-refractivity contribution in [3.8, 4) is 0 Å². The minimum atomic E-state index is -1.16. The maximum Gasteiger partial charge on any atom is 0.249 e. The molecule has 2 heterocycles. The van der Waals surface area contributed by atoms with Gasteiger partial charge in [0.2, 0.25) is 5.23 Å². The van der Waals surface area contributed by atoms with E-state index in [2.05, 4.69) is 4.99 Å². The van der Waals surface area contributed by atoms with E-state index in [9.17, 15) is 15.3 Å². The van der Waals surface area contributed by atoms with E-state index in [-0.39, 0.29) is 6.61 Å². The average molecular weight is 462 g/mol. The van der Waals surface area contributed by atoms with Gasteiger partial charge in [-0.1, -0.05) is 88.8 Å². The standard InChI is InChI=1S/C23H43NO6S/c25-15-13-11-9-7-5-3-1-2-4-6-8-10-12-14-16-31-23-24-22-21(30-23)20(28)19(27)18(17-26)29-22/h18-22,25-28H,1-17H2/t18-,19-,20+,21-,22+/m1/s1. The number of fused-ring (bicyclic) bond motifs is 1. The van der Waals surface area contributed by atoms with Crippen LogP contribution in [-0.2, 0) is 9.47 Å². The molecule has 5 atom stereocenters. The maximum atomic E-state index is 10.1. The maximum absolute atomic E-state index is 10.1. The Hall–Kier alpha value is -0.380. The lowest BCUT2D eigenvalue weighted by atomic mass is 9.99. The smallest absolute Gasteiger partial charge is 0.249 e. The Morgan fingerprint density at radius 2 is 1.23 bits per heavy atom. The number of rotatable bonds is 17. The molecule has 0 radical (unpaired) electrons. The van der Waals surface area contributed by atoms with E-state index in [0.29, 0.717) is 11.8 Å². The molecule has 1 fully saturated rings. The first-order valence-electron chi connectivity index (χ1n) is 12.3. The summed E-state index contributed by atoms with van der Waals surface area (Å²) in [6.45, 7) is -0.0202. The summed E-state index contributed by atoms with van der Waals surface area (Å²) in [5, 5.41) is 38.5. The predicted molar refractivity (Wildman–Crippen MR) is 124 cm³/mol. The Labute approximate surface area is 191 Å². The molecule has 0 aromatic carbocycles. The molecule has 182 valence electrons. The van der Waals surface area contributed by atoms with Crippen LogP contribution in [0.25, 0.3) is 0 Å². The van der Waals surface area contributed by atoms with E-state index >= 15 is 0 Å².